The number of Topliss-reactive ketones (excluding diaryl/α,β-unsaturated/α-hetero) is 1. The van der Waals surface area contributed by atoms with Crippen LogP contribution in [0.2, 0.25) is 0 Å². The molecule has 0 atom stereocenters. The fourth-order valence-corrected chi connectivity index (χ4v) is 4.29. The molecular formula is C28H32ClN3O3. The topological polar surface area (TPSA) is 72.9 Å². The Balaban J connectivity index is 0.00000342. The zero-order valence-corrected chi connectivity index (χ0v) is 21.0. The minimum atomic E-state index is -0.326. The van der Waals surface area contributed by atoms with Crippen LogP contribution < -0.4 is 10.2 Å². The van der Waals surface area contributed by atoms with Crippen molar-refractivity contribution < 1.29 is 14.7 Å². The van der Waals surface area contributed by atoms with Gasteiger partial charge in [0.15, 0.2) is 5.78 Å². The molecule has 4 rings (SSSR count). The van der Waals surface area contributed by atoms with Gasteiger partial charge in [-0.25, -0.2) is 0 Å². The molecule has 35 heavy (non-hydrogen) atoms. The lowest BCUT2D eigenvalue weighted by Gasteiger charge is -2.23. The number of amides is 1. The number of aromatic hydroxyl groups is 1. The number of phenols is 1. The summed E-state index contributed by atoms with van der Waals surface area (Å²) in [6.07, 6.45) is 1.19. The largest absolute Gasteiger partial charge is 0.506 e. The van der Waals surface area contributed by atoms with E-state index in [0.29, 0.717) is 16.7 Å². The lowest BCUT2D eigenvalue weighted by Crippen LogP contribution is -2.28. The number of benzene rings is 3. The number of nitrogens with one attached hydrogen (secondary N) is 1. The number of phenolic OH excluding ortho intramolecular Hbond substituents is 1. The minimum Gasteiger partial charge on any atom is -0.506 e. The Morgan fingerprint density at radius 1 is 0.914 bits per heavy atom. The van der Waals surface area contributed by atoms with Gasteiger partial charge in [-0.1, -0.05) is 35.9 Å². The van der Waals surface area contributed by atoms with E-state index < -0.39 is 0 Å². The van der Waals surface area contributed by atoms with Gasteiger partial charge in [0.25, 0.3) is 5.91 Å². The molecule has 0 unspecified atom stereocenters. The van der Waals surface area contributed by atoms with Gasteiger partial charge in [-0.2, -0.15) is 0 Å². The van der Waals surface area contributed by atoms with Crippen LogP contribution in [-0.2, 0) is 6.42 Å². The lowest BCUT2D eigenvalue weighted by molar-refractivity contribution is 0.0988. The highest BCUT2D eigenvalue weighted by atomic mass is 35.5. The fraction of sp³-hybridized carbons (Fsp3) is 0.286. The molecule has 6 nitrogen and oxygen atoms in total. The molecule has 2 N–H and O–H groups in total. The van der Waals surface area contributed by atoms with Crippen molar-refractivity contribution >= 4 is 35.5 Å². The first-order chi connectivity index (χ1) is 16.4. The van der Waals surface area contributed by atoms with Crippen LogP contribution >= 0.6 is 12.4 Å². The maximum atomic E-state index is 13.0. The van der Waals surface area contributed by atoms with Crippen molar-refractivity contribution in [2.45, 2.75) is 19.8 Å². The lowest BCUT2D eigenvalue weighted by atomic mass is 10.00. The Bertz CT molecular complexity index is 1180. The third kappa shape index (κ3) is 6.62. The number of ketones is 1. The minimum absolute atomic E-state index is 0. The quantitative estimate of drug-likeness (QED) is 0.376. The Morgan fingerprint density at radius 3 is 2.40 bits per heavy atom. The van der Waals surface area contributed by atoms with Crippen LogP contribution in [-0.4, -0.2) is 54.9 Å². The van der Waals surface area contributed by atoms with Gasteiger partial charge >= 0.3 is 0 Å². The van der Waals surface area contributed by atoms with E-state index in [1.54, 1.807) is 30.3 Å². The first-order valence-corrected chi connectivity index (χ1v) is 11.7. The summed E-state index contributed by atoms with van der Waals surface area (Å²) in [4.78, 5) is 30.5. The summed E-state index contributed by atoms with van der Waals surface area (Å²) in [7, 11) is 2.14. The summed E-state index contributed by atoms with van der Waals surface area (Å²) < 4.78 is 0. The fourth-order valence-electron chi connectivity index (χ4n) is 4.29. The first kappa shape index (κ1) is 26.3. The molecule has 0 aliphatic carbocycles. The summed E-state index contributed by atoms with van der Waals surface area (Å²) >= 11 is 0. The van der Waals surface area contributed by atoms with Crippen molar-refractivity contribution in [3.63, 3.8) is 0 Å². The summed E-state index contributed by atoms with van der Waals surface area (Å²) in [6, 6.07) is 19.9. The number of carbonyl (C=O) groups excluding carboxylic acids is 2. The highest BCUT2D eigenvalue weighted by Crippen LogP contribution is 2.29. The average molecular weight is 494 g/mol. The monoisotopic (exact) mass is 493 g/mol. The first-order valence-electron chi connectivity index (χ1n) is 11.7. The molecule has 184 valence electrons. The third-order valence-electron chi connectivity index (χ3n) is 6.27. The molecule has 3 aromatic carbocycles. The maximum Gasteiger partial charge on any atom is 0.255 e. The van der Waals surface area contributed by atoms with Gasteiger partial charge in [-0.3, -0.25) is 9.59 Å². The standard InChI is InChI=1S/C28H31N3O3.ClH/c1-20-6-3-7-22(18-20)26(33)19-23-8-4-9-25(32)27(23)29-28(34)21-10-12-24(13-11-21)31-15-5-14-30(2)16-17-31;/h3-4,6-13,18,32H,5,14-17,19H2,1-2H3,(H,29,34);1H. The van der Waals surface area contributed by atoms with Crippen molar-refractivity contribution in [2.24, 2.45) is 0 Å². The van der Waals surface area contributed by atoms with Gasteiger partial charge < -0.3 is 20.2 Å². The Kier molecular flexibility index (Phi) is 8.90. The van der Waals surface area contributed by atoms with E-state index in [1.807, 2.05) is 37.3 Å². The number of rotatable bonds is 6. The number of nitrogens with zero attached hydrogens (tertiary/aromatic N) is 2. The Labute approximate surface area is 213 Å². The van der Waals surface area contributed by atoms with Gasteiger partial charge in [0.2, 0.25) is 0 Å². The SMILES string of the molecule is Cc1cccc(C(=O)Cc2cccc(O)c2NC(=O)c2ccc(N3CCCN(C)CC3)cc2)c1.Cl. The van der Waals surface area contributed by atoms with E-state index in [2.05, 4.69) is 22.2 Å². The number of aryl methyl sites for hydroxylation is 1. The van der Waals surface area contributed by atoms with Gasteiger partial charge in [0.05, 0.1) is 5.69 Å². The number of anilines is 2. The van der Waals surface area contributed by atoms with Crippen molar-refractivity contribution in [3.8, 4) is 5.75 Å². The molecule has 0 saturated carbocycles. The van der Waals surface area contributed by atoms with Crippen LogP contribution in [0.3, 0.4) is 0 Å². The van der Waals surface area contributed by atoms with Gasteiger partial charge in [-0.15, -0.1) is 12.4 Å². The maximum absolute atomic E-state index is 13.0. The van der Waals surface area contributed by atoms with Gasteiger partial charge in [0.1, 0.15) is 5.75 Å². The van der Waals surface area contributed by atoms with Crippen LogP contribution in [0, 0.1) is 6.92 Å². The Hall–Kier alpha value is -3.35. The highest BCUT2D eigenvalue weighted by molar-refractivity contribution is 6.06. The molecular weight excluding hydrogens is 462 g/mol. The van der Waals surface area contributed by atoms with Crippen LogP contribution in [0.15, 0.2) is 66.7 Å². The van der Waals surface area contributed by atoms with Gasteiger partial charge in [-0.05, 0) is 68.9 Å². The number of likely N-dealkylation sites (N-methyl/N-ethyl adjacent to an activating group) is 1. The van der Waals surface area contributed by atoms with Crippen LogP contribution in [0.5, 0.6) is 5.75 Å². The van der Waals surface area contributed by atoms with Crippen molar-refractivity contribution in [1.29, 1.82) is 0 Å². The highest BCUT2D eigenvalue weighted by Gasteiger charge is 2.17. The molecule has 1 fully saturated rings. The Morgan fingerprint density at radius 2 is 1.66 bits per heavy atom. The normalized spacial score (nSPS) is 14.1. The number of carbonyl (C=O) groups is 2. The molecule has 0 radical (unpaired) electrons. The van der Waals surface area contributed by atoms with Crippen LogP contribution in [0.25, 0.3) is 0 Å². The zero-order chi connectivity index (χ0) is 24.1. The third-order valence-corrected chi connectivity index (χ3v) is 6.27. The molecule has 1 saturated heterocycles. The summed E-state index contributed by atoms with van der Waals surface area (Å²) in [5.74, 6) is -0.460. The molecule has 1 aliphatic rings. The predicted octanol–water partition coefficient (Wildman–Crippen LogP) is 4.94. The number of para-hydroxylation sites is 1. The summed E-state index contributed by atoms with van der Waals surface area (Å²) in [6.45, 7) is 5.99. The average Bonchev–Trinajstić information content (AvgIpc) is 3.05. The van der Waals surface area contributed by atoms with E-state index in [-0.39, 0.29) is 42.0 Å². The zero-order valence-electron chi connectivity index (χ0n) is 20.2. The van der Waals surface area contributed by atoms with E-state index in [0.717, 1.165) is 43.9 Å². The molecule has 1 heterocycles. The number of hydrogen-bond donors (Lipinski definition) is 2. The molecule has 0 aromatic heterocycles. The van der Waals surface area contributed by atoms with Crippen LogP contribution in [0.1, 0.15) is 38.3 Å². The van der Waals surface area contributed by atoms with E-state index >= 15 is 0 Å². The van der Waals surface area contributed by atoms with E-state index in [4.69, 9.17) is 0 Å². The smallest absolute Gasteiger partial charge is 0.255 e. The second-order valence-corrected chi connectivity index (χ2v) is 8.93. The molecule has 1 aliphatic heterocycles. The molecule has 3 aromatic rings. The predicted molar refractivity (Wildman–Crippen MR) is 143 cm³/mol. The van der Waals surface area contributed by atoms with Crippen molar-refractivity contribution in [1.82, 2.24) is 4.90 Å². The summed E-state index contributed by atoms with van der Waals surface area (Å²) in [5.41, 5.74) is 4.05. The molecule has 7 heteroatoms. The number of hydrogen-bond acceptors (Lipinski definition) is 5. The number of halogens is 1. The molecule has 0 spiro atoms. The van der Waals surface area contributed by atoms with E-state index in [1.165, 1.54) is 6.07 Å². The molecule has 1 amide bonds. The van der Waals surface area contributed by atoms with Gasteiger partial charge in [0, 0.05) is 42.9 Å². The van der Waals surface area contributed by atoms with Crippen LogP contribution in [0.4, 0.5) is 11.4 Å². The molecule has 0 bridgehead atoms. The second kappa shape index (κ2) is 11.9. The van der Waals surface area contributed by atoms with E-state index in [9.17, 15) is 14.7 Å². The van der Waals surface area contributed by atoms with Crippen molar-refractivity contribution in [3.05, 3.63) is 89.0 Å². The summed E-state index contributed by atoms with van der Waals surface area (Å²) in [5, 5.41) is 13.3. The van der Waals surface area contributed by atoms with Crippen molar-refractivity contribution in [2.75, 3.05) is 43.4 Å². The second-order valence-electron chi connectivity index (χ2n) is 8.93.